The normalized spacial score (nSPS) is 21.1. The molecule has 2 fully saturated rings. The van der Waals surface area contributed by atoms with Gasteiger partial charge in [-0.05, 0) is 58.3 Å². The van der Waals surface area contributed by atoms with Crippen molar-refractivity contribution < 1.29 is 19.2 Å². The molecule has 2 aliphatic rings. The standard InChI is InChI=1S/C22H35ClFN7O3/c1-22(2)16(29(3)4)9-10-31(22)19-17(24)18(25-21(23)26-19)27-28-20(33)15(12-30(34)13-32)11-14-7-5-6-8-14/h13-16,34H,5-12H2,1-4H3,(H,28,33)(H,25,26,27)/t15-,16?/m0/s1. The van der Waals surface area contributed by atoms with Gasteiger partial charge in [-0.1, -0.05) is 25.7 Å². The fourth-order valence-electron chi connectivity index (χ4n) is 5.42. The summed E-state index contributed by atoms with van der Waals surface area (Å²) in [6.07, 6.45) is 5.82. The molecule has 2 atom stereocenters. The van der Waals surface area contributed by atoms with Crippen LogP contribution in [-0.2, 0) is 9.59 Å². The first-order chi connectivity index (χ1) is 16.0. The van der Waals surface area contributed by atoms with Crippen molar-refractivity contribution in [3.05, 3.63) is 11.1 Å². The molecule has 1 aliphatic heterocycles. The summed E-state index contributed by atoms with van der Waals surface area (Å²) in [4.78, 5) is 35.8. The van der Waals surface area contributed by atoms with Crippen LogP contribution in [0.2, 0.25) is 5.28 Å². The fourth-order valence-corrected chi connectivity index (χ4v) is 5.58. The molecule has 34 heavy (non-hydrogen) atoms. The van der Waals surface area contributed by atoms with Gasteiger partial charge in [-0.15, -0.1) is 0 Å². The Morgan fingerprint density at radius 3 is 2.59 bits per heavy atom. The van der Waals surface area contributed by atoms with Gasteiger partial charge in [0.05, 0.1) is 18.0 Å². The molecule has 12 heteroatoms. The lowest BCUT2D eigenvalue weighted by molar-refractivity contribution is -0.154. The summed E-state index contributed by atoms with van der Waals surface area (Å²) in [5.41, 5.74) is 4.61. The second-order valence-corrected chi connectivity index (χ2v) is 10.3. The highest BCUT2D eigenvalue weighted by Gasteiger charge is 2.44. The molecule has 190 valence electrons. The Morgan fingerprint density at radius 2 is 2.00 bits per heavy atom. The smallest absolute Gasteiger partial charge is 0.243 e. The van der Waals surface area contributed by atoms with Gasteiger partial charge in [-0.2, -0.15) is 14.4 Å². The van der Waals surface area contributed by atoms with Gasteiger partial charge in [0.25, 0.3) is 0 Å². The van der Waals surface area contributed by atoms with Gasteiger partial charge < -0.3 is 9.80 Å². The lowest BCUT2D eigenvalue weighted by Crippen LogP contribution is -2.51. The first kappa shape index (κ1) is 26.4. The number of likely N-dealkylation sites (N-methyl/N-ethyl adjacent to an activating group) is 1. The third kappa shape index (κ3) is 5.87. The molecule has 1 aromatic rings. The van der Waals surface area contributed by atoms with Crippen LogP contribution in [0.1, 0.15) is 52.4 Å². The van der Waals surface area contributed by atoms with E-state index < -0.39 is 23.2 Å². The van der Waals surface area contributed by atoms with E-state index in [-0.39, 0.29) is 35.9 Å². The molecule has 1 saturated heterocycles. The highest BCUT2D eigenvalue weighted by atomic mass is 35.5. The quantitative estimate of drug-likeness (QED) is 0.195. The lowest BCUT2D eigenvalue weighted by atomic mass is 9.92. The van der Waals surface area contributed by atoms with E-state index in [9.17, 15) is 14.8 Å². The van der Waals surface area contributed by atoms with Gasteiger partial charge in [-0.3, -0.25) is 25.6 Å². The first-order valence-electron chi connectivity index (χ1n) is 11.7. The minimum atomic E-state index is -0.721. The molecule has 0 bridgehead atoms. The van der Waals surface area contributed by atoms with Gasteiger partial charge >= 0.3 is 0 Å². The van der Waals surface area contributed by atoms with Gasteiger partial charge in [-0.25, -0.2) is 5.06 Å². The Kier molecular flexibility index (Phi) is 8.53. The maximum atomic E-state index is 15.5. The molecular formula is C22H35ClFN7O3. The van der Waals surface area contributed by atoms with E-state index >= 15 is 4.39 Å². The Hall–Kier alpha value is -2.24. The Bertz CT molecular complexity index is 882. The number of hydroxylamine groups is 2. The van der Waals surface area contributed by atoms with Crippen molar-refractivity contribution in [2.24, 2.45) is 11.8 Å². The SMILES string of the molecule is CN(C)C1CCN(c2nc(Cl)nc(NNC(=O)[C@@H](CC3CCCC3)CN(O)C=O)c2F)C1(C)C. The highest BCUT2D eigenvalue weighted by Crippen LogP contribution is 2.38. The van der Waals surface area contributed by atoms with Crippen LogP contribution in [0.25, 0.3) is 0 Å². The Morgan fingerprint density at radius 1 is 1.32 bits per heavy atom. The number of rotatable bonds is 10. The zero-order chi connectivity index (χ0) is 25.0. The third-order valence-electron chi connectivity index (χ3n) is 7.12. The number of hydrogen-bond donors (Lipinski definition) is 3. The number of nitrogens with zero attached hydrogens (tertiary/aromatic N) is 5. The minimum Gasteiger partial charge on any atom is -0.347 e. The lowest BCUT2D eigenvalue weighted by Gasteiger charge is -2.39. The van der Waals surface area contributed by atoms with Crippen LogP contribution in [0.4, 0.5) is 16.0 Å². The van der Waals surface area contributed by atoms with E-state index in [0.29, 0.717) is 23.9 Å². The molecule has 1 aromatic heterocycles. The number of nitrogens with one attached hydrogen (secondary N) is 2. The predicted octanol–water partition coefficient (Wildman–Crippen LogP) is 2.68. The molecule has 3 N–H and O–H groups in total. The molecule has 1 aliphatic carbocycles. The van der Waals surface area contributed by atoms with Crippen LogP contribution in [-0.4, -0.2) is 76.2 Å². The summed E-state index contributed by atoms with van der Waals surface area (Å²) in [5.74, 6) is -1.70. The molecule has 0 radical (unpaired) electrons. The van der Waals surface area contributed by atoms with Crippen molar-refractivity contribution in [1.29, 1.82) is 0 Å². The highest BCUT2D eigenvalue weighted by molar-refractivity contribution is 6.28. The second-order valence-electron chi connectivity index (χ2n) is 9.98. The predicted molar refractivity (Wildman–Crippen MR) is 127 cm³/mol. The number of carbonyl (C=O) groups is 2. The number of hydrazine groups is 1. The molecule has 1 unspecified atom stereocenters. The van der Waals surface area contributed by atoms with E-state index in [1.807, 2.05) is 32.8 Å². The van der Waals surface area contributed by atoms with Gasteiger partial charge in [0.15, 0.2) is 11.6 Å². The Balaban J connectivity index is 1.75. The summed E-state index contributed by atoms with van der Waals surface area (Å²) in [7, 11) is 3.98. The zero-order valence-corrected chi connectivity index (χ0v) is 21.0. The van der Waals surface area contributed by atoms with Crippen molar-refractivity contribution in [2.75, 3.05) is 37.5 Å². The summed E-state index contributed by atoms with van der Waals surface area (Å²) < 4.78 is 15.5. The van der Waals surface area contributed by atoms with E-state index in [4.69, 9.17) is 11.6 Å². The molecule has 0 aromatic carbocycles. The molecule has 2 heterocycles. The zero-order valence-electron chi connectivity index (χ0n) is 20.2. The van der Waals surface area contributed by atoms with Crippen LogP contribution in [0.3, 0.4) is 0 Å². The van der Waals surface area contributed by atoms with Gasteiger partial charge in [0.2, 0.25) is 23.4 Å². The molecule has 0 spiro atoms. The van der Waals surface area contributed by atoms with Crippen molar-refractivity contribution in [1.82, 2.24) is 25.4 Å². The number of halogens is 2. The number of amides is 2. The van der Waals surface area contributed by atoms with E-state index in [1.54, 1.807) is 0 Å². The molecule has 1 saturated carbocycles. The van der Waals surface area contributed by atoms with E-state index in [2.05, 4.69) is 25.7 Å². The minimum absolute atomic E-state index is 0.0658. The number of anilines is 2. The molecule has 3 rings (SSSR count). The topological polar surface area (TPSA) is 114 Å². The van der Waals surface area contributed by atoms with Crippen molar-refractivity contribution in [3.63, 3.8) is 0 Å². The van der Waals surface area contributed by atoms with Crippen molar-refractivity contribution in [2.45, 2.75) is 64.0 Å². The third-order valence-corrected chi connectivity index (χ3v) is 7.29. The summed E-state index contributed by atoms with van der Waals surface area (Å²) in [6.45, 7) is 4.49. The fraction of sp³-hybridized carbons (Fsp3) is 0.727. The maximum absolute atomic E-state index is 15.5. The second kappa shape index (κ2) is 11.0. The number of aromatic nitrogens is 2. The molecular weight excluding hydrogens is 465 g/mol. The van der Waals surface area contributed by atoms with Crippen LogP contribution in [0.15, 0.2) is 0 Å². The first-order valence-corrected chi connectivity index (χ1v) is 12.1. The van der Waals surface area contributed by atoms with E-state index in [0.717, 1.165) is 32.1 Å². The summed E-state index contributed by atoms with van der Waals surface area (Å²) in [6, 6.07) is 0.187. The van der Waals surface area contributed by atoms with Gasteiger partial charge in [0.1, 0.15) is 0 Å². The average Bonchev–Trinajstić information content (AvgIpc) is 3.39. The number of hydrogen-bond acceptors (Lipinski definition) is 8. The van der Waals surface area contributed by atoms with Crippen LogP contribution in [0, 0.1) is 17.7 Å². The number of carbonyl (C=O) groups excluding carboxylic acids is 2. The molecule has 10 nitrogen and oxygen atoms in total. The van der Waals surface area contributed by atoms with Crippen molar-refractivity contribution in [3.8, 4) is 0 Å². The monoisotopic (exact) mass is 499 g/mol. The van der Waals surface area contributed by atoms with Crippen LogP contribution < -0.4 is 15.8 Å². The summed E-state index contributed by atoms with van der Waals surface area (Å²) >= 11 is 6.11. The summed E-state index contributed by atoms with van der Waals surface area (Å²) in [5, 5.41) is 9.95. The average molecular weight is 500 g/mol. The largest absolute Gasteiger partial charge is 0.347 e. The van der Waals surface area contributed by atoms with Crippen LogP contribution >= 0.6 is 11.6 Å². The Labute approximate surface area is 204 Å². The van der Waals surface area contributed by atoms with Gasteiger partial charge in [0, 0.05) is 12.6 Å². The maximum Gasteiger partial charge on any atom is 0.243 e. The molecule has 2 amide bonds. The van der Waals surface area contributed by atoms with E-state index in [1.165, 1.54) is 0 Å². The van der Waals surface area contributed by atoms with Crippen LogP contribution in [0.5, 0.6) is 0 Å². The van der Waals surface area contributed by atoms with Crippen molar-refractivity contribution >= 4 is 35.6 Å².